The molecule has 0 bridgehead atoms. The largest absolute Gasteiger partial charge is 0.496 e. The number of methoxy groups -OCH3 is 1. The fourth-order valence-corrected chi connectivity index (χ4v) is 2.41. The molecule has 3 aromatic rings. The van der Waals surface area contributed by atoms with Crippen molar-refractivity contribution in [1.29, 1.82) is 5.26 Å². The van der Waals surface area contributed by atoms with E-state index in [9.17, 15) is 4.79 Å². The Balaban J connectivity index is 1.71. The molecule has 128 valence electrons. The van der Waals surface area contributed by atoms with Crippen LogP contribution in [0.2, 0.25) is 0 Å². The molecule has 3 rings (SSSR count). The highest BCUT2D eigenvalue weighted by atomic mass is 16.5. The average molecular weight is 345 g/mol. The number of hydrazone groups is 1. The number of hydrogen-bond acceptors (Lipinski definition) is 5. The molecule has 0 spiro atoms. The van der Waals surface area contributed by atoms with Gasteiger partial charge in [-0.2, -0.15) is 10.4 Å². The van der Waals surface area contributed by atoms with E-state index in [2.05, 4.69) is 16.6 Å². The van der Waals surface area contributed by atoms with E-state index >= 15 is 0 Å². The van der Waals surface area contributed by atoms with Gasteiger partial charge in [0.25, 0.3) is 5.91 Å². The molecule has 0 saturated carbocycles. The van der Waals surface area contributed by atoms with Gasteiger partial charge in [0.15, 0.2) is 0 Å². The molecule has 0 aliphatic rings. The third-order valence-electron chi connectivity index (χ3n) is 3.65. The van der Waals surface area contributed by atoms with Crippen molar-refractivity contribution in [2.75, 3.05) is 7.11 Å². The van der Waals surface area contributed by atoms with Gasteiger partial charge < -0.3 is 9.15 Å². The van der Waals surface area contributed by atoms with E-state index in [1.165, 1.54) is 13.3 Å². The molecule has 1 aromatic heterocycles. The topological polar surface area (TPSA) is 87.6 Å². The van der Waals surface area contributed by atoms with Crippen LogP contribution in [0.25, 0.3) is 11.3 Å². The predicted octanol–water partition coefficient (Wildman–Crippen LogP) is 3.59. The second-order valence-electron chi connectivity index (χ2n) is 5.26. The Morgan fingerprint density at radius 1 is 1.15 bits per heavy atom. The first-order valence-corrected chi connectivity index (χ1v) is 7.78. The molecule has 2 aromatic carbocycles. The summed E-state index contributed by atoms with van der Waals surface area (Å²) in [7, 11) is 1.50. The molecule has 6 nitrogen and oxygen atoms in total. The highest BCUT2D eigenvalue weighted by Crippen LogP contribution is 2.24. The predicted molar refractivity (Wildman–Crippen MR) is 96.9 cm³/mol. The van der Waals surface area contributed by atoms with Crippen LogP contribution in [0, 0.1) is 11.3 Å². The molecule has 0 aliphatic carbocycles. The Labute approximate surface area is 150 Å². The van der Waals surface area contributed by atoms with Gasteiger partial charge in [0, 0.05) is 5.56 Å². The van der Waals surface area contributed by atoms with E-state index in [0.717, 1.165) is 0 Å². The van der Waals surface area contributed by atoms with Gasteiger partial charge in [-0.25, -0.2) is 5.43 Å². The molecule has 0 saturated heterocycles. The summed E-state index contributed by atoms with van der Waals surface area (Å²) in [5.74, 6) is 1.08. The highest BCUT2D eigenvalue weighted by Gasteiger charge is 2.11. The number of nitriles is 1. The van der Waals surface area contributed by atoms with Gasteiger partial charge in [0.1, 0.15) is 17.3 Å². The van der Waals surface area contributed by atoms with Gasteiger partial charge >= 0.3 is 0 Å². The SMILES string of the molecule is COc1ccccc1C(=O)N/N=C\c1ccc(-c2ccccc2C#N)o1. The number of benzene rings is 2. The van der Waals surface area contributed by atoms with Crippen molar-refractivity contribution in [2.24, 2.45) is 5.10 Å². The fraction of sp³-hybridized carbons (Fsp3) is 0.0500. The van der Waals surface area contributed by atoms with Crippen LogP contribution in [0.3, 0.4) is 0 Å². The van der Waals surface area contributed by atoms with E-state index in [1.54, 1.807) is 48.5 Å². The third kappa shape index (κ3) is 3.62. The van der Waals surface area contributed by atoms with Gasteiger partial charge in [-0.3, -0.25) is 4.79 Å². The lowest BCUT2D eigenvalue weighted by Crippen LogP contribution is -2.18. The molecule has 0 aliphatic heterocycles. The summed E-state index contributed by atoms with van der Waals surface area (Å²) < 4.78 is 10.8. The second kappa shape index (κ2) is 7.81. The van der Waals surface area contributed by atoms with Crippen molar-refractivity contribution in [3.63, 3.8) is 0 Å². The van der Waals surface area contributed by atoms with Gasteiger partial charge in [-0.05, 0) is 36.4 Å². The lowest BCUT2D eigenvalue weighted by Gasteiger charge is -2.05. The molecule has 1 N–H and O–H groups in total. The lowest BCUT2D eigenvalue weighted by atomic mass is 10.1. The van der Waals surface area contributed by atoms with Crippen LogP contribution in [0.1, 0.15) is 21.7 Å². The monoisotopic (exact) mass is 345 g/mol. The van der Waals surface area contributed by atoms with Gasteiger partial charge in [0.05, 0.1) is 30.5 Å². The zero-order valence-electron chi connectivity index (χ0n) is 14.0. The number of carbonyl (C=O) groups excluding carboxylic acids is 1. The van der Waals surface area contributed by atoms with E-state index in [4.69, 9.17) is 14.4 Å². The normalized spacial score (nSPS) is 10.5. The third-order valence-corrected chi connectivity index (χ3v) is 3.65. The first-order chi connectivity index (χ1) is 12.7. The summed E-state index contributed by atoms with van der Waals surface area (Å²) in [6, 6.07) is 19.6. The summed E-state index contributed by atoms with van der Waals surface area (Å²) in [5, 5.41) is 13.1. The van der Waals surface area contributed by atoms with E-state index in [-0.39, 0.29) is 5.91 Å². The molecule has 1 amide bonds. The van der Waals surface area contributed by atoms with Crippen molar-refractivity contribution in [1.82, 2.24) is 5.43 Å². The number of rotatable bonds is 5. The van der Waals surface area contributed by atoms with Crippen molar-refractivity contribution in [3.8, 4) is 23.1 Å². The molecule has 0 unspecified atom stereocenters. The standard InChI is InChI=1S/C20H15N3O3/c1-25-18-9-5-4-8-17(18)20(24)23-22-13-15-10-11-19(26-15)16-7-3-2-6-14(16)12-21/h2-11,13H,1H3,(H,23,24)/b22-13-. The molecule has 0 radical (unpaired) electrons. The number of carbonyl (C=O) groups is 1. The number of amides is 1. The molecule has 1 heterocycles. The van der Waals surface area contributed by atoms with Crippen LogP contribution in [0.4, 0.5) is 0 Å². The summed E-state index contributed by atoms with van der Waals surface area (Å²) in [5.41, 5.74) is 4.04. The maximum absolute atomic E-state index is 12.2. The average Bonchev–Trinajstić information content (AvgIpc) is 3.16. The van der Waals surface area contributed by atoms with Gasteiger partial charge in [-0.1, -0.05) is 24.3 Å². The van der Waals surface area contributed by atoms with Crippen LogP contribution in [0.5, 0.6) is 5.75 Å². The minimum atomic E-state index is -0.389. The number of nitrogens with one attached hydrogen (secondary N) is 1. The first kappa shape index (κ1) is 17.0. The van der Waals surface area contributed by atoms with Crippen LogP contribution in [-0.4, -0.2) is 19.2 Å². The van der Waals surface area contributed by atoms with E-state index in [0.29, 0.717) is 34.0 Å². The first-order valence-electron chi connectivity index (χ1n) is 7.78. The van der Waals surface area contributed by atoms with Crippen LogP contribution in [-0.2, 0) is 0 Å². The fourth-order valence-electron chi connectivity index (χ4n) is 2.41. The quantitative estimate of drug-likeness (QED) is 0.565. The molecular formula is C20H15N3O3. The van der Waals surface area contributed by atoms with Crippen molar-refractivity contribution >= 4 is 12.1 Å². The van der Waals surface area contributed by atoms with E-state index in [1.807, 2.05) is 12.1 Å². The van der Waals surface area contributed by atoms with Crippen molar-refractivity contribution in [3.05, 3.63) is 77.6 Å². The summed E-state index contributed by atoms with van der Waals surface area (Å²) in [6.07, 6.45) is 1.39. The van der Waals surface area contributed by atoms with Crippen LogP contribution >= 0.6 is 0 Å². The zero-order chi connectivity index (χ0) is 18.4. The maximum atomic E-state index is 12.2. The molecule has 6 heteroatoms. The molecule has 0 atom stereocenters. The number of furan rings is 1. The lowest BCUT2D eigenvalue weighted by molar-refractivity contribution is 0.0952. The Morgan fingerprint density at radius 3 is 2.73 bits per heavy atom. The van der Waals surface area contributed by atoms with Crippen molar-refractivity contribution in [2.45, 2.75) is 0 Å². The smallest absolute Gasteiger partial charge is 0.275 e. The van der Waals surface area contributed by atoms with E-state index < -0.39 is 0 Å². The number of ether oxygens (including phenoxy) is 1. The van der Waals surface area contributed by atoms with Crippen LogP contribution in [0.15, 0.2) is 70.2 Å². The Kier molecular flexibility index (Phi) is 5.11. The Bertz CT molecular complexity index is 999. The Hall–Kier alpha value is -3.85. The molecular weight excluding hydrogens is 330 g/mol. The van der Waals surface area contributed by atoms with Gasteiger partial charge in [-0.15, -0.1) is 0 Å². The summed E-state index contributed by atoms with van der Waals surface area (Å²) >= 11 is 0. The minimum absolute atomic E-state index is 0.384. The maximum Gasteiger partial charge on any atom is 0.275 e. The number of para-hydroxylation sites is 1. The number of hydrogen-bond donors (Lipinski definition) is 1. The summed E-state index contributed by atoms with van der Waals surface area (Å²) in [4.78, 5) is 12.2. The zero-order valence-corrected chi connectivity index (χ0v) is 14.0. The highest BCUT2D eigenvalue weighted by molar-refractivity contribution is 5.97. The van der Waals surface area contributed by atoms with Crippen molar-refractivity contribution < 1.29 is 13.9 Å². The summed E-state index contributed by atoms with van der Waals surface area (Å²) in [6.45, 7) is 0. The Morgan fingerprint density at radius 2 is 1.92 bits per heavy atom. The molecule has 0 fully saturated rings. The van der Waals surface area contributed by atoms with Crippen LogP contribution < -0.4 is 10.2 Å². The second-order valence-corrected chi connectivity index (χ2v) is 5.26. The molecule has 26 heavy (non-hydrogen) atoms. The number of nitrogens with zero attached hydrogens (tertiary/aromatic N) is 2. The van der Waals surface area contributed by atoms with Gasteiger partial charge in [0.2, 0.25) is 0 Å². The minimum Gasteiger partial charge on any atom is -0.496 e.